The number of nitrogens with zero attached hydrogens (tertiary/aromatic N) is 1. The van der Waals surface area contributed by atoms with Crippen LogP contribution in [0.25, 0.3) is 0 Å². The molecular formula is C19H25N3O6. The summed E-state index contributed by atoms with van der Waals surface area (Å²) >= 11 is 0. The first-order chi connectivity index (χ1) is 13.4. The van der Waals surface area contributed by atoms with E-state index in [0.29, 0.717) is 19.4 Å². The number of methoxy groups -OCH3 is 1. The van der Waals surface area contributed by atoms with E-state index in [0.717, 1.165) is 5.56 Å². The van der Waals surface area contributed by atoms with E-state index in [4.69, 9.17) is 4.74 Å². The van der Waals surface area contributed by atoms with Gasteiger partial charge in [-0.15, -0.1) is 0 Å². The number of hydrogen-bond donors (Lipinski definition) is 2. The maximum Gasteiger partial charge on any atom is 0.407 e. The van der Waals surface area contributed by atoms with Gasteiger partial charge in [0.25, 0.3) is 0 Å². The highest BCUT2D eigenvalue weighted by atomic mass is 16.5. The number of hydrogen-bond acceptors (Lipinski definition) is 6. The van der Waals surface area contributed by atoms with Crippen LogP contribution in [-0.4, -0.2) is 61.1 Å². The van der Waals surface area contributed by atoms with Crippen molar-refractivity contribution in [2.75, 3.05) is 20.2 Å². The van der Waals surface area contributed by atoms with Gasteiger partial charge in [-0.2, -0.15) is 0 Å². The number of ether oxygens (including phenoxy) is 2. The first kappa shape index (κ1) is 21.2. The Labute approximate surface area is 163 Å². The monoisotopic (exact) mass is 391 g/mol. The van der Waals surface area contributed by atoms with Crippen LogP contribution < -0.4 is 10.6 Å². The van der Waals surface area contributed by atoms with E-state index in [2.05, 4.69) is 15.4 Å². The number of amides is 3. The SMILES string of the molecule is COC(=O)[C@@H](C)NC(=O)[C@@H]1CCCN1C(=O)CNC(=O)OCc1ccccc1. The number of esters is 1. The Morgan fingerprint density at radius 3 is 2.61 bits per heavy atom. The summed E-state index contributed by atoms with van der Waals surface area (Å²) in [6.07, 6.45) is 0.440. The molecule has 1 aromatic rings. The fourth-order valence-corrected chi connectivity index (χ4v) is 2.91. The average molecular weight is 391 g/mol. The van der Waals surface area contributed by atoms with Gasteiger partial charge in [-0.25, -0.2) is 9.59 Å². The van der Waals surface area contributed by atoms with Gasteiger partial charge in [-0.3, -0.25) is 9.59 Å². The minimum Gasteiger partial charge on any atom is -0.467 e. The van der Waals surface area contributed by atoms with Crippen molar-refractivity contribution in [3.05, 3.63) is 35.9 Å². The molecule has 1 heterocycles. The summed E-state index contributed by atoms with van der Waals surface area (Å²) in [5.41, 5.74) is 0.833. The van der Waals surface area contributed by atoms with Gasteiger partial charge < -0.3 is 25.0 Å². The summed E-state index contributed by atoms with van der Waals surface area (Å²) < 4.78 is 9.63. The quantitative estimate of drug-likeness (QED) is 0.658. The number of rotatable bonds is 7. The van der Waals surface area contributed by atoms with Gasteiger partial charge in [0, 0.05) is 6.54 Å². The smallest absolute Gasteiger partial charge is 0.407 e. The summed E-state index contributed by atoms with van der Waals surface area (Å²) in [4.78, 5) is 49.4. The molecule has 1 aromatic carbocycles. The zero-order valence-corrected chi connectivity index (χ0v) is 16.0. The molecule has 28 heavy (non-hydrogen) atoms. The molecule has 0 saturated carbocycles. The lowest BCUT2D eigenvalue weighted by Crippen LogP contribution is -2.51. The maximum atomic E-state index is 12.4. The van der Waals surface area contributed by atoms with Crippen molar-refractivity contribution in [3.8, 4) is 0 Å². The third kappa shape index (κ3) is 5.97. The highest BCUT2D eigenvalue weighted by Gasteiger charge is 2.35. The molecule has 1 aliphatic heterocycles. The molecule has 1 aliphatic rings. The topological polar surface area (TPSA) is 114 Å². The molecular weight excluding hydrogens is 366 g/mol. The van der Waals surface area contributed by atoms with Crippen molar-refractivity contribution >= 4 is 23.9 Å². The van der Waals surface area contributed by atoms with E-state index in [1.54, 1.807) is 0 Å². The Morgan fingerprint density at radius 1 is 1.21 bits per heavy atom. The molecule has 9 heteroatoms. The third-order valence-electron chi connectivity index (χ3n) is 4.39. The summed E-state index contributed by atoms with van der Waals surface area (Å²) in [5, 5.41) is 4.94. The van der Waals surface area contributed by atoms with Gasteiger partial charge in [-0.05, 0) is 25.3 Å². The molecule has 3 amide bonds. The Morgan fingerprint density at radius 2 is 1.93 bits per heavy atom. The third-order valence-corrected chi connectivity index (χ3v) is 4.39. The number of benzene rings is 1. The van der Waals surface area contributed by atoms with Crippen molar-refractivity contribution in [2.24, 2.45) is 0 Å². The van der Waals surface area contributed by atoms with Crippen LogP contribution in [0.1, 0.15) is 25.3 Å². The Balaban J connectivity index is 1.79. The predicted molar refractivity (Wildman–Crippen MR) is 99.0 cm³/mol. The second kappa shape index (κ2) is 10.3. The highest BCUT2D eigenvalue weighted by Crippen LogP contribution is 2.17. The van der Waals surface area contributed by atoms with E-state index >= 15 is 0 Å². The lowest BCUT2D eigenvalue weighted by atomic mass is 10.2. The van der Waals surface area contributed by atoms with Crippen LogP contribution >= 0.6 is 0 Å². The minimum absolute atomic E-state index is 0.0982. The van der Waals surface area contributed by atoms with Gasteiger partial charge in [0.15, 0.2) is 0 Å². The minimum atomic E-state index is -0.804. The van der Waals surface area contributed by atoms with Crippen molar-refractivity contribution in [1.29, 1.82) is 0 Å². The molecule has 2 rings (SSSR count). The van der Waals surface area contributed by atoms with E-state index < -0.39 is 30.1 Å². The second-order valence-corrected chi connectivity index (χ2v) is 6.41. The van der Waals surface area contributed by atoms with Crippen molar-refractivity contribution in [2.45, 2.75) is 38.5 Å². The average Bonchev–Trinajstić information content (AvgIpc) is 3.20. The first-order valence-corrected chi connectivity index (χ1v) is 9.04. The Bertz CT molecular complexity index is 709. The van der Waals surface area contributed by atoms with Gasteiger partial charge in [0.1, 0.15) is 25.2 Å². The molecule has 1 fully saturated rings. The van der Waals surface area contributed by atoms with Crippen LogP contribution in [0.3, 0.4) is 0 Å². The fraction of sp³-hybridized carbons (Fsp3) is 0.474. The van der Waals surface area contributed by atoms with Crippen molar-refractivity contribution < 1.29 is 28.7 Å². The number of likely N-dealkylation sites (tertiary alicyclic amines) is 1. The molecule has 2 atom stereocenters. The Kier molecular flexibility index (Phi) is 7.79. The van der Waals surface area contributed by atoms with Crippen LogP contribution in [-0.2, 0) is 30.5 Å². The first-order valence-electron chi connectivity index (χ1n) is 9.04. The lowest BCUT2D eigenvalue weighted by molar-refractivity contribution is -0.145. The summed E-state index contributed by atoms with van der Waals surface area (Å²) in [6, 6.07) is 7.68. The molecule has 0 aromatic heterocycles. The molecule has 0 unspecified atom stereocenters. The van der Waals surface area contributed by atoms with Crippen LogP contribution in [0.2, 0.25) is 0 Å². The van der Waals surface area contributed by atoms with Crippen LogP contribution in [0.5, 0.6) is 0 Å². The summed E-state index contributed by atoms with van der Waals surface area (Å²) in [6.45, 7) is 1.74. The zero-order valence-electron chi connectivity index (χ0n) is 16.0. The normalized spacial score (nSPS) is 16.8. The van der Waals surface area contributed by atoms with Crippen LogP contribution in [0, 0.1) is 0 Å². The molecule has 0 radical (unpaired) electrons. The summed E-state index contributed by atoms with van der Waals surface area (Å²) in [5.74, 6) is -1.37. The van der Waals surface area contributed by atoms with Crippen molar-refractivity contribution in [3.63, 3.8) is 0 Å². The fourth-order valence-electron chi connectivity index (χ4n) is 2.91. The molecule has 0 bridgehead atoms. The number of carbonyl (C=O) groups is 4. The predicted octanol–water partition coefficient (Wildman–Crippen LogP) is 0.582. The molecule has 9 nitrogen and oxygen atoms in total. The van der Waals surface area contributed by atoms with Gasteiger partial charge in [0.2, 0.25) is 11.8 Å². The second-order valence-electron chi connectivity index (χ2n) is 6.41. The summed E-state index contributed by atoms with van der Waals surface area (Å²) in [7, 11) is 1.24. The van der Waals surface area contributed by atoms with Crippen LogP contribution in [0.4, 0.5) is 4.79 Å². The van der Waals surface area contributed by atoms with E-state index in [9.17, 15) is 19.2 Å². The molecule has 152 valence electrons. The van der Waals surface area contributed by atoms with E-state index in [1.807, 2.05) is 30.3 Å². The van der Waals surface area contributed by atoms with E-state index in [1.165, 1.54) is 18.9 Å². The molecule has 2 N–H and O–H groups in total. The molecule has 0 spiro atoms. The van der Waals surface area contributed by atoms with E-state index in [-0.39, 0.29) is 19.1 Å². The maximum absolute atomic E-state index is 12.4. The van der Waals surface area contributed by atoms with Gasteiger partial charge in [0.05, 0.1) is 7.11 Å². The van der Waals surface area contributed by atoms with Gasteiger partial charge in [-0.1, -0.05) is 30.3 Å². The van der Waals surface area contributed by atoms with Crippen molar-refractivity contribution in [1.82, 2.24) is 15.5 Å². The largest absolute Gasteiger partial charge is 0.467 e. The highest BCUT2D eigenvalue weighted by molar-refractivity contribution is 5.92. The Hall–Kier alpha value is -3.10. The number of nitrogens with one attached hydrogen (secondary N) is 2. The number of carbonyl (C=O) groups excluding carboxylic acids is 4. The van der Waals surface area contributed by atoms with Crippen LogP contribution in [0.15, 0.2) is 30.3 Å². The molecule has 1 saturated heterocycles. The lowest BCUT2D eigenvalue weighted by Gasteiger charge is -2.25. The zero-order chi connectivity index (χ0) is 20.5. The van der Waals surface area contributed by atoms with Gasteiger partial charge >= 0.3 is 12.1 Å². The number of alkyl carbamates (subject to hydrolysis) is 1. The standard InChI is InChI=1S/C19H25N3O6/c1-13(18(25)27-2)21-17(24)15-9-6-10-22(15)16(23)11-20-19(26)28-12-14-7-4-3-5-8-14/h3-5,7-8,13,15H,6,9-12H2,1-2H3,(H,20,26)(H,21,24)/t13-,15+/m1/s1. The molecule has 0 aliphatic carbocycles.